The first kappa shape index (κ1) is 13.5. The molecule has 1 saturated carbocycles. The normalized spacial score (nSPS) is 21.0. The summed E-state index contributed by atoms with van der Waals surface area (Å²) >= 11 is 5.63. The SMILES string of the molecule is CSc1cc(C2=C(C3CC3)SC3=NCCN32)cc2sccc12. The lowest BCUT2D eigenvalue weighted by molar-refractivity contribution is 0.645. The summed E-state index contributed by atoms with van der Waals surface area (Å²) in [6, 6.07) is 7.02. The number of allylic oxidation sites excluding steroid dienone is 1. The van der Waals surface area contributed by atoms with Crippen molar-refractivity contribution in [2.24, 2.45) is 10.9 Å². The zero-order chi connectivity index (χ0) is 14.7. The maximum Gasteiger partial charge on any atom is 0.168 e. The van der Waals surface area contributed by atoms with Crippen LogP contribution >= 0.6 is 34.9 Å². The topological polar surface area (TPSA) is 15.6 Å². The Morgan fingerprint density at radius 2 is 2.23 bits per heavy atom. The number of benzene rings is 1. The molecule has 3 heterocycles. The van der Waals surface area contributed by atoms with Crippen LogP contribution in [0.15, 0.2) is 38.4 Å². The summed E-state index contributed by atoms with van der Waals surface area (Å²) in [6.45, 7) is 1.99. The molecule has 0 spiro atoms. The summed E-state index contributed by atoms with van der Waals surface area (Å²) in [5.41, 5.74) is 2.84. The second-order valence-electron chi connectivity index (χ2n) is 5.92. The quantitative estimate of drug-likeness (QED) is 0.719. The van der Waals surface area contributed by atoms with Gasteiger partial charge >= 0.3 is 0 Å². The van der Waals surface area contributed by atoms with Gasteiger partial charge in [0.15, 0.2) is 5.17 Å². The van der Waals surface area contributed by atoms with Crippen molar-refractivity contribution >= 4 is 55.8 Å². The molecule has 0 unspecified atom stereocenters. The summed E-state index contributed by atoms with van der Waals surface area (Å²) in [6.07, 6.45) is 4.88. The van der Waals surface area contributed by atoms with E-state index in [2.05, 4.69) is 34.7 Å². The Hall–Kier alpha value is -0.910. The second-order valence-corrected chi connectivity index (χ2v) is 8.72. The van der Waals surface area contributed by atoms with Gasteiger partial charge in [-0.2, -0.15) is 0 Å². The molecule has 1 aliphatic carbocycles. The van der Waals surface area contributed by atoms with Crippen molar-refractivity contribution < 1.29 is 0 Å². The molecule has 5 rings (SSSR count). The van der Waals surface area contributed by atoms with E-state index in [4.69, 9.17) is 4.99 Å². The van der Waals surface area contributed by atoms with E-state index >= 15 is 0 Å². The minimum atomic E-state index is 0.782. The molecular formula is C17H16N2S3. The number of thiophene rings is 1. The first-order valence-corrected chi connectivity index (χ1v) is 10.6. The Bertz CT molecular complexity index is 830. The van der Waals surface area contributed by atoms with Crippen LogP contribution in [-0.4, -0.2) is 29.4 Å². The van der Waals surface area contributed by atoms with Gasteiger partial charge in [-0.15, -0.1) is 23.1 Å². The smallest absolute Gasteiger partial charge is 0.168 e. The van der Waals surface area contributed by atoms with Crippen LogP contribution in [0.5, 0.6) is 0 Å². The highest BCUT2D eigenvalue weighted by molar-refractivity contribution is 8.17. The minimum absolute atomic E-state index is 0.782. The molecule has 0 radical (unpaired) electrons. The van der Waals surface area contributed by atoms with Crippen LogP contribution in [0.1, 0.15) is 18.4 Å². The molecule has 3 aliphatic rings. The van der Waals surface area contributed by atoms with Gasteiger partial charge in [0, 0.05) is 32.0 Å². The van der Waals surface area contributed by atoms with E-state index in [0.29, 0.717) is 0 Å². The summed E-state index contributed by atoms with van der Waals surface area (Å²) in [5.74, 6) is 0.782. The van der Waals surface area contributed by atoms with Gasteiger partial charge in [0.2, 0.25) is 0 Å². The molecule has 2 aromatic rings. The number of aliphatic imine (C=N–C) groups is 1. The highest BCUT2D eigenvalue weighted by Gasteiger charge is 2.40. The zero-order valence-corrected chi connectivity index (χ0v) is 14.8. The standard InChI is InChI=1S/C17H16N2S3/c1-20-13-8-11(9-14-12(13)4-7-21-14)15-16(10-2-3-10)22-17-18-5-6-19(15)17/h4,7-10H,2-3,5-6H2,1H3. The molecule has 2 nitrogen and oxygen atoms in total. The van der Waals surface area contributed by atoms with E-state index in [-0.39, 0.29) is 0 Å². The number of nitrogens with zero attached hydrogens (tertiary/aromatic N) is 2. The molecule has 0 atom stereocenters. The zero-order valence-electron chi connectivity index (χ0n) is 12.3. The van der Waals surface area contributed by atoms with Crippen molar-refractivity contribution in [3.05, 3.63) is 34.0 Å². The first-order chi connectivity index (χ1) is 10.8. The van der Waals surface area contributed by atoms with Crippen LogP contribution in [0.25, 0.3) is 15.8 Å². The third-order valence-corrected chi connectivity index (χ3v) is 7.40. The molecule has 22 heavy (non-hydrogen) atoms. The number of thioether (sulfide) groups is 2. The Morgan fingerprint density at radius 1 is 1.32 bits per heavy atom. The lowest BCUT2D eigenvalue weighted by Gasteiger charge is -2.18. The summed E-state index contributed by atoms with van der Waals surface area (Å²) in [4.78, 5) is 10.1. The fourth-order valence-electron chi connectivity index (χ4n) is 3.27. The molecule has 0 saturated heterocycles. The molecule has 1 aromatic carbocycles. The lowest BCUT2D eigenvalue weighted by Crippen LogP contribution is -2.20. The number of fused-ring (bicyclic) bond motifs is 2. The molecular weight excluding hydrogens is 328 g/mol. The van der Waals surface area contributed by atoms with Crippen LogP contribution < -0.4 is 0 Å². The predicted octanol–water partition coefficient (Wildman–Crippen LogP) is 5.12. The first-order valence-electron chi connectivity index (χ1n) is 7.65. The van der Waals surface area contributed by atoms with E-state index in [9.17, 15) is 0 Å². The van der Waals surface area contributed by atoms with Crippen molar-refractivity contribution in [1.82, 2.24) is 4.90 Å². The molecule has 2 aliphatic heterocycles. The molecule has 1 fully saturated rings. The lowest BCUT2D eigenvalue weighted by atomic mass is 10.1. The Labute approximate surface area is 142 Å². The van der Waals surface area contributed by atoms with Crippen LogP contribution in [0.2, 0.25) is 0 Å². The van der Waals surface area contributed by atoms with Crippen molar-refractivity contribution in [3.63, 3.8) is 0 Å². The minimum Gasteiger partial charge on any atom is -0.318 e. The maximum absolute atomic E-state index is 4.69. The van der Waals surface area contributed by atoms with E-state index in [1.54, 1.807) is 4.91 Å². The van der Waals surface area contributed by atoms with Gasteiger partial charge in [-0.05, 0) is 48.6 Å². The Balaban J connectivity index is 1.71. The highest BCUT2D eigenvalue weighted by Crippen LogP contribution is 2.53. The molecule has 5 heteroatoms. The average molecular weight is 345 g/mol. The molecule has 0 N–H and O–H groups in total. The van der Waals surface area contributed by atoms with Gasteiger partial charge in [-0.1, -0.05) is 11.8 Å². The maximum atomic E-state index is 4.69. The van der Waals surface area contributed by atoms with Crippen molar-refractivity contribution in [3.8, 4) is 0 Å². The number of rotatable bonds is 3. The number of hydrogen-bond donors (Lipinski definition) is 0. The van der Waals surface area contributed by atoms with E-state index < -0.39 is 0 Å². The summed E-state index contributed by atoms with van der Waals surface area (Å²) in [7, 11) is 0. The van der Waals surface area contributed by atoms with E-state index in [0.717, 1.165) is 19.0 Å². The molecule has 1 aromatic heterocycles. The summed E-state index contributed by atoms with van der Waals surface area (Å²) < 4.78 is 1.40. The second kappa shape index (κ2) is 5.05. The fourth-order valence-corrected chi connectivity index (χ4v) is 6.20. The van der Waals surface area contributed by atoms with E-state index in [1.807, 2.05) is 34.9 Å². The van der Waals surface area contributed by atoms with Crippen molar-refractivity contribution in [1.29, 1.82) is 0 Å². The van der Waals surface area contributed by atoms with Gasteiger partial charge in [0.1, 0.15) is 0 Å². The molecule has 112 valence electrons. The monoisotopic (exact) mass is 344 g/mol. The number of hydrogen-bond acceptors (Lipinski definition) is 5. The van der Waals surface area contributed by atoms with Gasteiger partial charge in [0.25, 0.3) is 0 Å². The van der Waals surface area contributed by atoms with Crippen molar-refractivity contribution in [2.45, 2.75) is 17.7 Å². The third kappa shape index (κ3) is 1.99. The van der Waals surface area contributed by atoms with Crippen LogP contribution in [0, 0.1) is 5.92 Å². The largest absolute Gasteiger partial charge is 0.318 e. The average Bonchev–Trinajstić information content (AvgIpc) is 2.96. The number of amidine groups is 1. The highest BCUT2D eigenvalue weighted by atomic mass is 32.2. The van der Waals surface area contributed by atoms with Gasteiger partial charge in [-0.25, -0.2) is 0 Å². The van der Waals surface area contributed by atoms with Gasteiger partial charge in [-0.3, -0.25) is 4.99 Å². The van der Waals surface area contributed by atoms with Crippen LogP contribution in [0.3, 0.4) is 0 Å². The predicted molar refractivity (Wildman–Crippen MR) is 99.8 cm³/mol. The fraction of sp³-hybridized carbons (Fsp3) is 0.353. The van der Waals surface area contributed by atoms with Gasteiger partial charge in [0.05, 0.1) is 12.2 Å². The summed E-state index contributed by atoms with van der Waals surface area (Å²) in [5, 5.41) is 4.83. The van der Waals surface area contributed by atoms with Gasteiger partial charge < -0.3 is 4.90 Å². The Morgan fingerprint density at radius 3 is 3.05 bits per heavy atom. The molecule has 0 amide bonds. The Kier molecular flexibility index (Phi) is 3.10. The van der Waals surface area contributed by atoms with Crippen LogP contribution in [-0.2, 0) is 0 Å². The molecule has 0 bridgehead atoms. The van der Waals surface area contributed by atoms with Crippen LogP contribution in [0.4, 0.5) is 0 Å². The third-order valence-electron chi connectivity index (χ3n) is 4.48. The van der Waals surface area contributed by atoms with Crippen molar-refractivity contribution in [2.75, 3.05) is 19.3 Å². The van der Waals surface area contributed by atoms with E-state index in [1.165, 1.54) is 44.3 Å².